The largest absolute Gasteiger partial charge is 0.361 e. The van der Waals surface area contributed by atoms with Crippen molar-refractivity contribution in [2.45, 2.75) is 26.7 Å². The highest BCUT2D eigenvalue weighted by Gasteiger charge is 2.16. The first kappa shape index (κ1) is 13.1. The number of hydrogen-bond acceptors (Lipinski definition) is 4. The maximum absolute atomic E-state index is 11.7. The lowest BCUT2D eigenvalue weighted by Crippen LogP contribution is -2.40. The average molecular weight is 251 g/mol. The van der Waals surface area contributed by atoms with Gasteiger partial charge in [-0.3, -0.25) is 4.79 Å². The molecule has 1 atom stereocenters. The summed E-state index contributed by atoms with van der Waals surface area (Å²) in [5.74, 6) is 1.27. The number of amides is 1. The first-order chi connectivity index (χ1) is 8.65. The summed E-state index contributed by atoms with van der Waals surface area (Å²) in [6.07, 6.45) is 2.58. The molecule has 0 bridgehead atoms. The normalized spacial score (nSPS) is 20.9. The van der Waals surface area contributed by atoms with E-state index in [2.05, 4.69) is 22.3 Å². The van der Waals surface area contributed by atoms with Gasteiger partial charge in [-0.2, -0.15) is 0 Å². The molecule has 1 N–H and O–H groups in total. The maximum Gasteiger partial charge on any atom is 0.273 e. The molecule has 1 aliphatic heterocycles. The van der Waals surface area contributed by atoms with Crippen molar-refractivity contribution in [2.75, 3.05) is 26.2 Å². The molecule has 0 aromatic carbocycles. The standard InChI is InChI=1S/C13H21N3O2/c1-10-4-3-6-16(9-10)7-5-14-13(17)12-8-11(2)18-15-12/h8,10H,3-7,9H2,1-2H3,(H,14,17)/t10-/m0/s1. The molecule has 0 spiro atoms. The summed E-state index contributed by atoms with van der Waals surface area (Å²) in [6.45, 7) is 7.91. The van der Waals surface area contributed by atoms with E-state index in [1.807, 2.05) is 0 Å². The molecular weight excluding hydrogens is 230 g/mol. The molecular formula is C13H21N3O2. The van der Waals surface area contributed by atoms with Crippen molar-refractivity contribution in [3.05, 3.63) is 17.5 Å². The number of piperidine rings is 1. The van der Waals surface area contributed by atoms with Gasteiger partial charge in [0.25, 0.3) is 5.91 Å². The van der Waals surface area contributed by atoms with Crippen LogP contribution in [0.1, 0.15) is 36.0 Å². The number of carbonyl (C=O) groups excluding carboxylic acids is 1. The lowest BCUT2D eigenvalue weighted by atomic mass is 10.0. The van der Waals surface area contributed by atoms with E-state index in [0.29, 0.717) is 18.0 Å². The number of aromatic nitrogens is 1. The minimum Gasteiger partial charge on any atom is -0.361 e. The number of carbonyl (C=O) groups is 1. The highest BCUT2D eigenvalue weighted by Crippen LogP contribution is 2.14. The molecule has 18 heavy (non-hydrogen) atoms. The Morgan fingerprint density at radius 3 is 3.17 bits per heavy atom. The van der Waals surface area contributed by atoms with Crippen LogP contribution in [0.15, 0.2) is 10.6 Å². The Balaban J connectivity index is 1.70. The zero-order valence-corrected chi connectivity index (χ0v) is 11.1. The van der Waals surface area contributed by atoms with E-state index in [-0.39, 0.29) is 5.91 Å². The van der Waals surface area contributed by atoms with Crippen LogP contribution in [0.4, 0.5) is 0 Å². The Kier molecular flexibility index (Phi) is 4.36. The molecule has 0 radical (unpaired) electrons. The van der Waals surface area contributed by atoms with Gasteiger partial charge in [0.1, 0.15) is 5.76 Å². The van der Waals surface area contributed by atoms with Gasteiger partial charge in [-0.1, -0.05) is 12.1 Å². The Hall–Kier alpha value is -1.36. The van der Waals surface area contributed by atoms with Crippen LogP contribution in [0.3, 0.4) is 0 Å². The van der Waals surface area contributed by atoms with Crippen LogP contribution in [-0.2, 0) is 0 Å². The third-order valence-electron chi connectivity index (χ3n) is 3.32. The minimum atomic E-state index is -0.156. The first-order valence-electron chi connectivity index (χ1n) is 6.59. The molecule has 0 aliphatic carbocycles. The van der Waals surface area contributed by atoms with E-state index < -0.39 is 0 Å². The lowest BCUT2D eigenvalue weighted by Gasteiger charge is -2.30. The second-order valence-electron chi connectivity index (χ2n) is 5.13. The van der Waals surface area contributed by atoms with Gasteiger partial charge in [0.15, 0.2) is 5.69 Å². The predicted octanol–water partition coefficient (Wildman–Crippen LogP) is 1.44. The summed E-state index contributed by atoms with van der Waals surface area (Å²) in [5, 5.41) is 6.56. The number of rotatable bonds is 4. The molecule has 1 saturated heterocycles. The van der Waals surface area contributed by atoms with Crippen LogP contribution in [0.5, 0.6) is 0 Å². The van der Waals surface area contributed by atoms with E-state index >= 15 is 0 Å². The van der Waals surface area contributed by atoms with Crippen molar-refractivity contribution >= 4 is 5.91 Å². The van der Waals surface area contributed by atoms with Crippen LogP contribution in [-0.4, -0.2) is 42.1 Å². The molecule has 5 heteroatoms. The SMILES string of the molecule is Cc1cc(C(=O)NCCN2CCC[C@H](C)C2)no1. The third kappa shape index (κ3) is 3.57. The number of aryl methyl sites for hydroxylation is 1. The monoisotopic (exact) mass is 251 g/mol. The van der Waals surface area contributed by atoms with Crippen molar-refractivity contribution < 1.29 is 9.32 Å². The summed E-state index contributed by atoms with van der Waals surface area (Å²) < 4.78 is 4.87. The van der Waals surface area contributed by atoms with Crippen molar-refractivity contribution in [3.63, 3.8) is 0 Å². The van der Waals surface area contributed by atoms with E-state index in [1.165, 1.54) is 12.8 Å². The first-order valence-corrected chi connectivity index (χ1v) is 6.59. The summed E-state index contributed by atoms with van der Waals surface area (Å²) in [4.78, 5) is 14.1. The van der Waals surface area contributed by atoms with Gasteiger partial charge in [-0.25, -0.2) is 0 Å². The Morgan fingerprint density at radius 2 is 2.50 bits per heavy atom. The quantitative estimate of drug-likeness (QED) is 0.880. The smallest absolute Gasteiger partial charge is 0.273 e. The molecule has 1 aromatic heterocycles. The van der Waals surface area contributed by atoms with Crippen molar-refractivity contribution in [1.82, 2.24) is 15.4 Å². The van der Waals surface area contributed by atoms with Gasteiger partial charge >= 0.3 is 0 Å². The van der Waals surface area contributed by atoms with Crippen LogP contribution in [0, 0.1) is 12.8 Å². The number of hydrogen-bond donors (Lipinski definition) is 1. The van der Waals surface area contributed by atoms with Crippen LogP contribution < -0.4 is 5.32 Å². The zero-order chi connectivity index (χ0) is 13.0. The topological polar surface area (TPSA) is 58.4 Å². The van der Waals surface area contributed by atoms with E-state index in [4.69, 9.17) is 4.52 Å². The molecule has 2 rings (SSSR count). The molecule has 0 unspecified atom stereocenters. The van der Waals surface area contributed by atoms with Crippen LogP contribution in [0.2, 0.25) is 0 Å². The van der Waals surface area contributed by atoms with Gasteiger partial charge in [-0.15, -0.1) is 0 Å². The molecule has 0 saturated carbocycles. The molecule has 1 fully saturated rings. The Bertz CT molecular complexity index is 403. The molecule has 1 aliphatic rings. The van der Waals surface area contributed by atoms with Gasteiger partial charge in [0, 0.05) is 25.7 Å². The summed E-state index contributed by atoms with van der Waals surface area (Å²) >= 11 is 0. The fraction of sp³-hybridized carbons (Fsp3) is 0.692. The van der Waals surface area contributed by atoms with Crippen molar-refractivity contribution in [3.8, 4) is 0 Å². The predicted molar refractivity (Wildman–Crippen MR) is 68.4 cm³/mol. The molecule has 2 heterocycles. The highest BCUT2D eigenvalue weighted by molar-refractivity contribution is 5.92. The Labute approximate surface area is 108 Å². The maximum atomic E-state index is 11.7. The van der Waals surface area contributed by atoms with Crippen molar-refractivity contribution in [2.24, 2.45) is 5.92 Å². The highest BCUT2D eigenvalue weighted by atomic mass is 16.5. The zero-order valence-electron chi connectivity index (χ0n) is 11.1. The van der Waals surface area contributed by atoms with E-state index in [9.17, 15) is 4.79 Å². The lowest BCUT2D eigenvalue weighted by molar-refractivity contribution is 0.0935. The number of likely N-dealkylation sites (tertiary alicyclic amines) is 1. The summed E-state index contributed by atoms with van der Waals surface area (Å²) in [6, 6.07) is 1.65. The van der Waals surface area contributed by atoms with Crippen molar-refractivity contribution in [1.29, 1.82) is 0 Å². The molecule has 1 aromatic rings. The molecule has 5 nitrogen and oxygen atoms in total. The second-order valence-corrected chi connectivity index (χ2v) is 5.13. The van der Waals surface area contributed by atoms with Gasteiger partial charge < -0.3 is 14.7 Å². The fourth-order valence-corrected chi connectivity index (χ4v) is 2.38. The Morgan fingerprint density at radius 1 is 1.67 bits per heavy atom. The van der Waals surface area contributed by atoms with Gasteiger partial charge in [-0.05, 0) is 32.2 Å². The number of nitrogens with one attached hydrogen (secondary N) is 1. The van der Waals surface area contributed by atoms with Crippen LogP contribution in [0.25, 0.3) is 0 Å². The molecule has 1 amide bonds. The van der Waals surface area contributed by atoms with E-state index in [1.54, 1.807) is 13.0 Å². The fourth-order valence-electron chi connectivity index (χ4n) is 2.38. The van der Waals surface area contributed by atoms with Gasteiger partial charge in [0.2, 0.25) is 0 Å². The summed E-state index contributed by atoms with van der Waals surface area (Å²) in [7, 11) is 0. The molecule has 100 valence electrons. The van der Waals surface area contributed by atoms with E-state index in [0.717, 1.165) is 25.6 Å². The number of nitrogens with zero attached hydrogens (tertiary/aromatic N) is 2. The second kappa shape index (κ2) is 6.00. The van der Waals surface area contributed by atoms with Crippen LogP contribution >= 0.6 is 0 Å². The average Bonchev–Trinajstić information content (AvgIpc) is 2.76. The van der Waals surface area contributed by atoms with Gasteiger partial charge in [0.05, 0.1) is 0 Å². The minimum absolute atomic E-state index is 0.156. The summed E-state index contributed by atoms with van der Waals surface area (Å²) in [5.41, 5.74) is 0.361. The third-order valence-corrected chi connectivity index (χ3v) is 3.32.